The molecular weight excluding hydrogens is 741 g/mol. The molecule has 3 nitrogen and oxygen atoms in total. The van der Waals surface area contributed by atoms with Crippen molar-refractivity contribution in [3.05, 3.63) is 231 Å². The molecule has 0 amide bonds. The van der Waals surface area contributed by atoms with Gasteiger partial charge in [-0.05, 0) is 99.4 Å². The third-order valence-electron chi connectivity index (χ3n) is 12.1. The molecule has 0 aliphatic rings. The standard InChI is InChI=1S/C58H38N2O/c1-3-15-39(16-4-1)43-20-13-22-46(35-43)59(48-33-34-50-49-24-9-12-28-55(49)61-56(50)38-48)47-23-14-21-44(36-47)40-29-31-41(32-30-40)52-37-45-19-7-10-26-53(45)60-54-27-11-8-25-51(54)57(58(52)60)42-17-5-2-6-18-42/h1-38H. The summed E-state index contributed by atoms with van der Waals surface area (Å²) in [5, 5.41) is 4.69. The molecule has 286 valence electrons. The average molecular weight is 779 g/mol. The van der Waals surface area contributed by atoms with Crippen LogP contribution >= 0.6 is 0 Å². The molecule has 0 unspecified atom stereocenters. The number of fused-ring (bicyclic) bond motifs is 8. The van der Waals surface area contributed by atoms with Crippen LogP contribution in [0.25, 0.3) is 93.8 Å². The lowest BCUT2D eigenvalue weighted by Crippen LogP contribution is -2.10. The Morgan fingerprint density at radius 1 is 0.328 bits per heavy atom. The fourth-order valence-corrected chi connectivity index (χ4v) is 9.32. The van der Waals surface area contributed by atoms with Crippen molar-refractivity contribution in [2.75, 3.05) is 4.90 Å². The van der Waals surface area contributed by atoms with E-state index in [2.05, 4.69) is 228 Å². The average Bonchev–Trinajstić information content (AvgIpc) is 3.88. The third kappa shape index (κ3) is 5.90. The van der Waals surface area contributed by atoms with Crippen LogP contribution in [0, 0.1) is 0 Å². The van der Waals surface area contributed by atoms with Crippen LogP contribution in [0.1, 0.15) is 0 Å². The monoisotopic (exact) mass is 778 g/mol. The number of pyridine rings is 1. The SMILES string of the molecule is c1ccc(-c2cccc(N(c3cccc(-c4ccc(-c5cc6ccccc6n6c5c(-c5ccccc5)c5ccccc56)cc4)c3)c3ccc4c(c3)oc3ccccc34)c2)cc1. The first-order valence-electron chi connectivity index (χ1n) is 20.8. The Labute approximate surface area is 353 Å². The Hall–Kier alpha value is -8.14. The summed E-state index contributed by atoms with van der Waals surface area (Å²) in [6, 6.07) is 82.9. The number of nitrogens with zero attached hydrogens (tertiary/aromatic N) is 2. The Bertz CT molecular complexity index is 3580. The summed E-state index contributed by atoms with van der Waals surface area (Å²) in [7, 11) is 0. The maximum Gasteiger partial charge on any atom is 0.137 e. The lowest BCUT2D eigenvalue weighted by molar-refractivity contribution is 0.669. The molecule has 0 N–H and O–H groups in total. The zero-order valence-electron chi connectivity index (χ0n) is 33.2. The number of rotatable bonds is 7. The van der Waals surface area contributed by atoms with Gasteiger partial charge in [-0.15, -0.1) is 0 Å². The molecule has 0 radical (unpaired) electrons. The second-order valence-corrected chi connectivity index (χ2v) is 15.7. The molecule has 0 atom stereocenters. The Balaban J connectivity index is 0.993. The smallest absolute Gasteiger partial charge is 0.137 e. The van der Waals surface area contributed by atoms with Crippen LogP contribution in [-0.2, 0) is 0 Å². The van der Waals surface area contributed by atoms with Gasteiger partial charge in [0.1, 0.15) is 11.2 Å². The minimum atomic E-state index is 0.865. The van der Waals surface area contributed by atoms with Gasteiger partial charge in [0, 0.05) is 50.4 Å². The molecule has 3 heterocycles. The van der Waals surface area contributed by atoms with Crippen LogP contribution in [0.15, 0.2) is 235 Å². The zero-order chi connectivity index (χ0) is 40.3. The lowest BCUT2D eigenvalue weighted by atomic mass is 9.95. The number of benzene rings is 9. The quantitative estimate of drug-likeness (QED) is 0.161. The Kier molecular flexibility index (Phi) is 8.17. The highest BCUT2D eigenvalue weighted by atomic mass is 16.3. The molecule has 0 fully saturated rings. The second kappa shape index (κ2) is 14.3. The second-order valence-electron chi connectivity index (χ2n) is 15.7. The van der Waals surface area contributed by atoms with Crippen molar-refractivity contribution in [3.8, 4) is 44.5 Å². The van der Waals surface area contributed by atoms with E-state index in [1.807, 2.05) is 12.1 Å². The van der Waals surface area contributed by atoms with E-state index in [-0.39, 0.29) is 0 Å². The van der Waals surface area contributed by atoms with E-state index in [1.54, 1.807) is 0 Å². The van der Waals surface area contributed by atoms with Gasteiger partial charge in [-0.2, -0.15) is 0 Å². The number of hydrogen-bond donors (Lipinski definition) is 0. The fraction of sp³-hybridized carbons (Fsp3) is 0. The highest BCUT2D eigenvalue weighted by Gasteiger charge is 2.21. The molecule has 0 aliphatic carbocycles. The Morgan fingerprint density at radius 3 is 1.61 bits per heavy atom. The number of furan rings is 1. The molecule has 0 spiro atoms. The van der Waals surface area contributed by atoms with Crippen molar-refractivity contribution in [2.45, 2.75) is 0 Å². The van der Waals surface area contributed by atoms with Crippen LogP contribution in [0.4, 0.5) is 17.1 Å². The van der Waals surface area contributed by atoms with E-state index in [0.717, 1.165) is 55.7 Å². The first-order chi connectivity index (χ1) is 30.2. The van der Waals surface area contributed by atoms with E-state index in [4.69, 9.17) is 4.42 Å². The van der Waals surface area contributed by atoms with E-state index >= 15 is 0 Å². The van der Waals surface area contributed by atoms with Gasteiger partial charge in [-0.3, -0.25) is 0 Å². The van der Waals surface area contributed by atoms with E-state index in [0.29, 0.717) is 0 Å². The highest BCUT2D eigenvalue weighted by Crippen LogP contribution is 2.44. The van der Waals surface area contributed by atoms with Gasteiger partial charge in [0.2, 0.25) is 0 Å². The van der Waals surface area contributed by atoms with Gasteiger partial charge in [0.15, 0.2) is 0 Å². The van der Waals surface area contributed by atoms with E-state index in [1.165, 1.54) is 55.1 Å². The van der Waals surface area contributed by atoms with Crippen LogP contribution < -0.4 is 4.90 Å². The molecule has 0 bridgehead atoms. The first kappa shape index (κ1) is 34.9. The zero-order valence-corrected chi connectivity index (χ0v) is 33.2. The van der Waals surface area contributed by atoms with Crippen molar-refractivity contribution < 1.29 is 4.42 Å². The molecule has 0 aliphatic heterocycles. The lowest BCUT2D eigenvalue weighted by Gasteiger charge is -2.26. The summed E-state index contributed by atoms with van der Waals surface area (Å²) < 4.78 is 8.88. The summed E-state index contributed by atoms with van der Waals surface area (Å²) in [4.78, 5) is 2.34. The van der Waals surface area contributed by atoms with Crippen LogP contribution in [-0.4, -0.2) is 4.40 Å². The summed E-state index contributed by atoms with van der Waals surface area (Å²) in [5.41, 5.74) is 18.0. The largest absolute Gasteiger partial charge is 0.456 e. The van der Waals surface area contributed by atoms with Crippen molar-refractivity contribution in [1.29, 1.82) is 0 Å². The van der Waals surface area contributed by atoms with Crippen LogP contribution in [0.3, 0.4) is 0 Å². The molecule has 3 heteroatoms. The minimum Gasteiger partial charge on any atom is -0.456 e. The summed E-state index contributed by atoms with van der Waals surface area (Å²) in [5.74, 6) is 0. The predicted octanol–water partition coefficient (Wildman–Crippen LogP) is 16.3. The first-order valence-corrected chi connectivity index (χ1v) is 20.8. The van der Waals surface area contributed by atoms with Gasteiger partial charge < -0.3 is 13.7 Å². The molecular formula is C58H38N2O. The number of para-hydroxylation sites is 3. The summed E-state index contributed by atoms with van der Waals surface area (Å²) in [6.45, 7) is 0. The van der Waals surface area contributed by atoms with Crippen molar-refractivity contribution in [3.63, 3.8) is 0 Å². The number of anilines is 3. The van der Waals surface area contributed by atoms with Gasteiger partial charge >= 0.3 is 0 Å². The van der Waals surface area contributed by atoms with Crippen LogP contribution in [0.5, 0.6) is 0 Å². The molecule has 9 aromatic carbocycles. The highest BCUT2D eigenvalue weighted by molar-refractivity contribution is 6.13. The number of aromatic nitrogens is 1. The van der Waals surface area contributed by atoms with Crippen molar-refractivity contribution in [2.24, 2.45) is 0 Å². The van der Waals surface area contributed by atoms with Crippen molar-refractivity contribution >= 4 is 66.3 Å². The summed E-state index contributed by atoms with van der Waals surface area (Å²) >= 11 is 0. The van der Waals surface area contributed by atoms with Crippen LogP contribution in [0.2, 0.25) is 0 Å². The van der Waals surface area contributed by atoms with Crippen molar-refractivity contribution in [1.82, 2.24) is 4.40 Å². The molecule has 0 saturated heterocycles. The molecule has 12 rings (SSSR count). The van der Waals surface area contributed by atoms with Gasteiger partial charge in [0.25, 0.3) is 0 Å². The summed E-state index contributed by atoms with van der Waals surface area (Å²) in [6.07, 6.45) is 0. The van der Waals surface area contributed by atoms with Gasteiger partial charge in [-0.1, -0.05) is 164 Å². The van der Waals surface area contributed by atoms with Gasteiger partial charge in [0.05, 0.1) is 16.6 Å². The van der Waals surface area contributed by atoms with E-state index in [9.17, 15) is 0 Å². The third-order valence-corrected chi connectivity index (χ3v) is 12.1. The maximum atomic E-state index is 6.42. The fourth-order valence-electron chi connectivity index (χ4n) is 9.32. The molecule has 61 heavy (non-hydrogen) atoms. The topological polar surface area (TPSA) is 20.8 Å². The Morgan fingerprint density at radius 2 is 0.869 bits per heavy atom. The molecule has 12 aromatic rings. The van der Waals surface area contributed by atoms with Gasteiger partial charge in [-0.25, -0.2) is 0 Å². The molecule has 0 saturated carbocycles. The normalized spacial score (nSPS) is 11.6. The van der Waals surface area contributed by atoms with E-state index < -0.39 is 0 Å². The maximum absolute atomic E-state index is 6.42. The number of hydrogen-bond acceptors (Lipinski definition) is 2. The molecule has 3 aromatic heterocycles. The predicted molar refractivity (Wildman–Crippen MR) is 256 cm³/mol. The minimum absolute atomic E-state index is 0.865.